The SMILES string of the molecule is CCN(C)C(=O)C1CCC(CO)(NC)CC1. The highest BCUT2D eigenvalue weighted by molar-refractivity contribution is 5.78. The molecule has 0 aliphatic heterocycles. The van der Waals surface area contributed by atoms with Gasteiger partial charge in [0.15, 0.2) is 0 Å². The molecule has 0 spiro atoms. The molecule has 0 saturated heterocycles. The van der Waals surface area contributed by atoms with Crippen LogP contribution in [-0.2, 0) is 4.79 Å². The summed E-state index contributed by atoms with van der Waals surface area (Å²) in [5.74, 6) is 0.406. The van der Waals surface area contributed by atoms with Crippen LogP contribution in [0.15, 0.2) is 0 Å². The zero-order valence-electron chi connectivity index (χ0n) is 10.6. The fraction of sp³-hybridized carbons (Fsp3) is 0.917. The Morgan fingerprint density at radius 1 is 1.50 bits per heavy atom. The summed E-state index contributed by atoms with van der Waals surface area (Å²) in [7, 11) is 3.74. The van der Waals surface area contributed by atoms with Crippen molar-refractivity contribution in [3.8, 4) is 0 Å². The van der Waals surface area contributed by atoms with E-state index >= 15 is 0 Å². The molecule has 1 aliphatic carbocycles. The molecule has 4 heteroatoms. The van der Waals surface area contributed by atoms with E-state index in [9.17, 15) is 9.90 Å². The number of likely N-dealkylation sites (N-methyl/N-ethyl adjacent to an activating group) is 1. The Balaban J connectivity index is 2.51. The summed E-state index contributed by atoms with van der Waals surface area (Å²) in [5.41, 5.74) is -0.151. The molecular weight excluding hydrogens is 204 g/mol. The van der Waals surface area contributed by atoms with Crippen molar-refractivity contribution in [2.45, 2.75) is 38.1 Å². The lowest BCUT2D eigenvalue weighted by molar-refractivity contribution is -0.135. The van der Waals surface area contributed by atoms with E-state index in [2.05, 4.69) is 5.32 Å². The molecule has 0 aromatic rings. The van der Waals surface area contributed by atoms with Gasteiger partial charge in [0.2, 0.25) is 5.91 Å². The number of nitrogens with zero attached hydrogens (tertiary/aromatic N) is 1. The quantitative estimate of drug-likeness (QED) is 0.741. The lowest BCUT2D eigenvalue weighted by Gasteiger charge is -2.39. The lowest BCUT2D eigenvalue weighted by atomic mass is 9.76. The third kappa shape index (κ3) is 2.74. The topological polar surface area (TPSA) is 52.6 Å². The van der Waals surface area contributed by atoms with Crippen LogP contribution in [0.3, 0.4) is 0 Å². The van der Waals surface area contributed by atoms with Crippen LogP contribution >= 0.6 is 0 Å². The molecule has 0 aromatic heterocycles. The highest BCUT2D eigenvalue weighted by Crippen LogP contribution is 2.32. The molecule has 0 bridgehead atoms. The molecule has 94 valence electrons. The Bertz CT molecular complexity index is 229. The van der Waals surface area contributed by atoms with Gasteiger partial charge in [-0.15, -0.1) is 0 Å². The average molecular weight is 228 g/mol. The maximum absolute atomic E-state index is 12.0. The van der Waals surface area contributed by atoms with Crippen molar-refractivity contribution in [1.29, 1.82) is 0 Å². The van der Waals surface area contributed by atoms with Crippen LogP contribution in [0.5, 0.6) is 0 Å². The maximum Gasteiger partial charge on any atom is 0.225 e. The van der Waals surface area contributed by atoms with Gasteiger partial charge in [-0.2, -0.15) is 0 Å². The molecule has 0 atom stereocenters. The Morgan fingerprint density at radius 3 is 2.44 bits per heavy atom. The molecule has 1 saturated carbocycles. The van der Waals surface area contributed by atoms with Crippen molar-refractivity contribution in [2.24, 2.45) is 5.92 Å². The number of carbonyl (C=O) groups excluding carboxylic acids is 1. The van der Waals surface area contributed by atoms with E-state index in [4.69, 9.17) is 0 Å². The van der Waals surface area contributed by atoms with Gasteiger partial charge in [-0.1, -0.05) is 0 Å². The van der Waals surface area contributed by atoms with Crippen molar-refractivity contribution in [2.75, 3.05) is 27.2 Å². The van der Waals surface area contributed by atoms with E-state index in [-0.39, 0.29) is 24.0 Å². The summed E-state index contributed by atoms with van der Waals surface area (Å²) in [5, 5.41) is 12.6. The molecule has 1 rings (SSSR count). The number of rotatable bonds is 4. The lowest BCUT2D eigenvalue weighted by Crippen LogP contribution is -2.50. The van der Waals surface area contributed by atoms with Gasteiger partial charge in [0.1, 0.15) is 0 Å². The number of aliphatic hydroxyl groups is 1. The van der Waals surface area contributed by atoms with Crippen LogP contribution < -0.4 is 5.32 Å². The highest BCUT2D eigenvalue weighted by Gasteiger charge is 2.36. The second kappa shape index (κ2) is 5.64. The van der Waals surface area contributed by atoms with E-state index in [0.29, 0.717) is 0 Å². The second-order valence-electron chi connectivity index (χ2n) is 4.82. The Hall–Kier alpha value is -0.610. The second-order valence-corrected chi connectivity index (χ2v) is 4.82. The molecule has 1 fully saturated rings. The summed E-state index contributed by atoms with van der Waals surface area (Å²) in [4.78, 5) is 13.7. The third-order valence-corrected chi connectivity index (χ3v) is 3.98. The number of amides is 1. The molecular formula is C12H24N2O2. The first-order valence-electron chi connectivity index (χ1n) is 6.13. The van der Waals surface area contributed by atoms with Crippen molar-refractivity contribution < 1.29 is 9.90 Å². The smallest absolute Gasteiger partial charge is 0.225 e. The number of hydrogen-bond donors (Lipinski definition) is 2. The van der Waals surface area contributed by atoms with Gasteiger partial charge in [-0.05, 0) is 39.7 Å². The van der Waals surface area contributed by atoms with E-state index in [1.165, 1.54) is 0 Å². The first kappa shape index (κ1) is 13.5. The van der Waals surface area contributed by atoms with Crippen molar-refractivity contribution in [3.63, 3.8) is 0 Å². The van der Waals surface area contributed by atoms with E-state index < -0.39 is 0 Å². The molecule has 2 N–H and O–H groups in total. The van der Waals surface area contributed by atoms with Crippen molar-refractivity contribution in [1.82, 2.24) is 10.2 Å². The summed E-state index contributed by atoms with van der Waals surface area (Å²) >= 11 is 0. The summed E-state index contributed by atoms with van der Waals surface area (Å²) in [6, 6.07) is 0. The van der Waals surface area contributed by atoms with Gasteiger partial charge in [0.05, 0.1) is 6.61 Å². The predicted molar refractivity (Wildman–Crippen MR) is 64.1 cm³/mol. The fourth-order valence-corrected chi connectivity index (χ4v) is 2.37. The molecule has 0 heterocycles. The van der Waals surface area contributed by atoms with Crippen LogP contribution in [0.25, 0.3) is 0 Å². The zero-order chi connectivity index (χ0) is 12.2. The molecule has 0 aromatic carbocycles. The highest BCUT2D eigenvalue weighted by atomic mass is 16.3. The Kier molecular flexibility index (Phi) is 4.74. The van der Waals surface area contributed by atoms with Crippen LogP contribution in [0.2, 0.25) is 0 Å². The predicted octanol–water partition coefficient (Wildman–Crippen LogP) is 0.605. The summed E-state index contributed by atoms with van der Waals surface area (Å²) in [6.07, 6.45) is 3.52. The molecule has 1 aliphatic rings. The van der Waals surface area contributed by atoms with Crippen LogP contribution in [-0.4, -0.2) is 48.7 Å². The first-order chi connectivity index (χ1) is 7.58. The fourth-order valence-electron chi connectivity index (χ4n) is 2.37. The van der Waals surface area contributed by atoms with Gasteiger partial charge < -0.3 is 15.3 Å². The largest absolute Gasteiger partial charge is 0.394 e. The number of nitrogens with one attached hydrogen (secondary N) is 1. The normalized spacial score (nSPS) is 30.1. The van der Waals surface area contributed by atoms with Crippen LogP contribution in [0.1, 0.15) is 32.6 Å². The standard InChI is InChI=1S/C12H24N2O2/c1-4-14(3)11(16)10-5-7-12(9-15,13-2)8-6-10/h10,13,15H,4-9H2,1-3H3. The van der Waals surface area contributed by atoms with E-state index in [1.54, 1.807) is 4.90 Å². The first-order valence-corrected chi connectivity index (χ1v) is 6.13. The van der Waals surface area contributed by atoms with Crippen molar-refractivity contribution in [3.05, 3.63) is 0 Å². The minimum absolute atomic E-state index is 0.151. The van der Waals surface area contributed by atoms with E-state index in [1.807, 2.05) is 21.0 Å². The number of aliphatic hydroxyl groups excluding tert-OH is 1. The van der Waals surface area contributed by atoms with Gasteiger partial charge in [-0.25, -0.2) is 0 Å². The van der Waals surface area contributed by atoms with Crippen LogP contribution in [0.4, 0.5) is 0 Å². The maximum atomic E-state index is 12.0. The molecule has 0 unspecified atom stereocenters. The minimum atomic E-state index is -0.151. The van der Waals surface area contributed by atoms with Crippen molar-refractivity contribution >= 4 is 5.91 Å². The van der Waals surface area contributed by atoms with Gasteiger partial charge in [-0.3, -0.25) is 4.79 Å². The van der Waals surface area contributed by atoms with E-state index in [0.717, 1.165) is 32.2 Å². The summed E-state index contributed by atoms with van der Waals surface area (Å²) in [6.45, 7) is 2.92. The average Bonchev–Trinajstić information content (AvgIpc) is 2.37. The Labute approximate surface area is 98.0 Å². The third-order valence-electron chi connectivity index (χ3n) is 3.98. The number of carbonyl (C=O) groups is 1. The van der Waals surface area contributed by atoms with Gasteiger partial charge in [0.25, 0.3) is 0 Å². The minimum Gasteiger partial charge on any atom is -0.394 e. The zero-order valence-corrected chi connectivity index (χ0v) is 10.6. The molecule has 4 nitrogen and oxygen atoms in total. The van der Waals surface area contributed by atoms with Gasteiger partial charge >= 0.3 is 0 Å². The van der Waals surface area contributed by atoms with Gasteiger partial charge in [0, 0.05) is 25.0 Å². The van der Waals surface area contributed by atoms with Crippen LogP contribution in [0, 0.1) is 5.92 Å². The Morgan fingerprint density at radius 2 is 2.06 bits per heavy atom. The molecule has 16 heavy (non-hydrogen) atoms. The number of hydrogen-bond acceptors (Lipinski definition) is 3. The summed E-state index contributed by atoms with van der Waals surface area (Å²) < 4.78 is 0. The molecule has 0 radical (unpaired) electrons. The monoisotopic (exact) mass is 228 g/mol. The molecule has 1 amide bonds.